The molecule has 0 aliphatic carbocycles. The van der Waals surface area contributed by atoms with Crippen molar-refractivity contribution < 1.29 is 14.3 Å². The molecular weight excluding hydrogens is 401 g/mol. The van der Waals surface area contributed by atoms with Crippen molar-refractivity contribution in [1.82, 2.24) is 9.97 Å². The zero-order valence-corrected chi connectivity index (χ0v) is 16.7. The second-order valence-corrected chi connectivity index (χ2v) is 7.03. The third kappa shape index (κ3) is 4.91. The Labute approximate surface area is 171 Å². The number of H-pyrrole nitrogens is 1. The van der Waals surface area contributed by atoms with E-state index in [1.807, 2.05) is 13.8 Å². The van der Waals surface area contributed by atoms with Crippen molar-refractivity contribution in [2.24, 2.45) is 0 Å². The Morgan fingerprint density at radius 2 is 1.71 bits per heavy atom. The number of carbonyl (C=O) groups excluding carboxylic acids is 2. The van der Waals surface area contributed by atoms with Crippen molar-refractivity contribution in [2.45, 2.75) is 13.8 Å². The van der Waals surface area contributed by atoms with E-state index >= 15 is 0 Å². The molecule has 0 saturated carbocycles. The number of anilines is 1. The summed E-state index contributed by atoms with van der Waals surface area (Å²) in [7, 11) is 0. The number of imidazole rings is 1. The van der Waals surface area contributed by atoms with E-state index in [1.165, 1.54) is 0 Å². The molecule has 0 unspecified atom stereocenters. The molecule has 3 aromatic rings. The van der Waals surface area contributed by atoms with Gasteiger partial charge in [0.25, 0.3) is 5.91 Å². The lowest BCUT2D eigenvalue weighted by molar-refractivity contribution is -0.119. The number of ether oxygens (including phenoxy) is 1. The van der Waals surface area contributed by atoms with E-state index in [4.69, 9.17) is 27.9 Å². The minimum Gasteiger partial charge on any atom is -0.452 e. The maximum atomic E-state index is 12.1. The number of nitrogens with zero attached hydrogens (tertiary/aromatic N) is 1. The van der Waals surface area contributed by atoms with Gasteiger partial charge in [0.15, 0.2) is 6.61 Å². The molecule has 0 saturated heterocycles. The van der Waals surface area contributed by atoms with Crippen LogP contribution in [0.1, 0.15) is 21.7 Å². The zero-order chi connectivity index (χ0) is 20.3. The number of aromatic nitrogens is 2. The van der Waals surface area contributed by atoms with Crippen LogP contribution in [0.2, 0.25) is 10.0 Å². The fourth-order valence-electron chi connectivity index (χ4n) is 2.49. The van der Waals surface area contributed by atoms with Crippen LogP contribution in [0.3, 0.4) is 0 Å². The second kappa shape index (κ2) is 8.46. The van der Waals surface area contributed by atoms with Crippen molar-refractivity contribution in [3.63, 3.8) is 0 Å². The van der Waals surface area contributed by atoms with Crippen LogP contribution in [-0.4, -0.2) is 28.5 Å². The van der Waals surface area contributed by atoms with E-state index < -0.39 is 18.5 Å². The second-order valence-electron chi connectivity index (χ2n) is 6.16. The van der Waals surface area contributed by atoms with Crippen LogP contribution in [-0.2, 0) is 9.53 Å². The highest BCUT2D eigenvalue weighted by atomic mass is 35.5. The van der Waals surface area contributed by atoms with Gasteiger partial charge in [-0.2, -0.15) is 0 Å². The van der Waals surface area contributed by atoms with E-state index in [9.17, 15) is 9.59 Å². The molecule has 1 aromatic heterocycles. The fourth-order valence-corrected chi connectivity index (χ4v) is 3.01. The molecule has 0 fully saturated rings. The first kappa shape index (κ1) is 19.9. The van der Waals surface area contributed by atoms with Gasteiger partial charge < -0.3 is 15.0 Å². The third-order valence-electron chi connectivity index (χ3n) is 4.00. The zero-order valence-electron chi connectivity index (χ0n) is 15.2. The summed E-state index contributed by atoms with van der Waals surface area (Å²) < 4.78 is 5.05. The number of aryl methyl sites for hydroxylation is 2. The lowest BCUT2D eigenvalue weighted by atomic mass is 10.1. The molecule has 3 rings (SSSR count). The van der Waals surface area contributed by atoms with Crippen LogP contribution in [0.15, 0.2) is 42.5 Å². The van der Waals surface area contributed by atoms with Crippen LogP contribution < -0.4 is 5.32 Å². The summed E-state index contributed by atoms with van der Waals surface area (Å²) in [6.45, 7) is 3.44. The van der Waals surface area contributed by atoms with Gasteiger partial charge in [0.2, 0.25) is 0 Å². The number of amides is 1. The number of esters is 1. The molecule has 0 bridgehead atoms. The molecule has 144 valence electrons. The molecule has 1 amide bonds. The molecule has 8 heteroatoms. The van der Waals surface area contributed by atoms with Crippen molar-refractivity contribution >= 4 is 40.8 Å². The molecule has 2 N–H and O–H groups in total. The number of benzene rings is 2. The van der Waals surface area contributed by atoms with Crippen molar-refractivity contribution in [3.05, 3.63) is 69.5 Å². The topological polar surface area (TPSA) is 84.1 Å². The lowest BCUT2D eigenvalue weighted by Gasteiger charge is -2.08. The Bertz CT molecular complexity index is 990. The maximum Gasteiger partial charge on any atom is 0.338 e. The molecule has 6 nitrogen and oxygen atoms in total. The Morgan fingerprint density at radius 3 is 2.29 bits per heavy atom. The van der Waals surface area contributed by atoms with Crippen LogP contribution in [0.5, 0.6) is 0 Å². The maximum absolute atomic E-state index is 12.1. The quantitative estimate of drug-likeness (QED) is 0.584. The van der Waals surface area contributed by atoms with Crippen LogP contribution in [0, 0.1) is 13.8 Å². The van der Waals surface area contributed by atoms with Crippen LogP contribution in [0.4, 0.5) is 5.69 Å². The predicted molar refractivity (Wildman–Crippen MR) is 109 cm³/mol. The summed E-state index contributed by atoms with van der Waals surface area (Å²) in [5.74, 6) is -0.364. The van der Waals surface area contributed by atoms with Gasteiger partial charge in [-0.05, 0) is 44.2 Å². The smallest absolute Gasteiger partial charge is 0.338 e. The molecule has 2 aromatic carbocycles. The predicted octanol–water partition coefficient (Wildman–Crippen LogP) is 4.80. The van der Waals surface area contributed by atoms with Gasteiger partial charge in [-0.15, -0.1) is 0 Å². The average Bonchev–Trinajstić information content (AvgIpc) is 2.98. The number of rotatable bonds is 5. The van der Waals surface area contributed by atoms with Gasteiger partial charge in [-0.25, -0.2) is 9.78 Å². The average molecular weight is 418 g/mol. The molecule has 0 aliphatic rings. The van der Waals surface area contributed by atoms with Gasteiger partial charge in [0.1, 0.15) is 5.82 Å². The number of halogens is 2. The van der Waals surface area contributed by atoms with Crippen molar-refractivity contribution in [2.75, 3.05) is 11.9 Å². The van der Waals surface area contributed by atoms with Crippen molar-refractivity contribution in [3.8, 4) is 11.4 Å². The van der Waals surface area contributed by atoms with E-state index in [0.29, 0.717) is 21.3 Å². The molecular formula is C20H17Cl2N3O3. The number of hydrogen-bond donors (Lipinski definition) is 2. The molecule has 1 heterocycles. The Morgan fingerprint density at radius 1 is 1.07 bits per heavy atom. The van der Waals surface area contributed by atoms with E-state index in [-0.39, 0.29) is 0 Å². The molecule has 28 heavy (non-hydrogen) atoms. The Hall–Kier alpha value is -2.83. The standard InChI is InChI=1S/C20H17Cl2N3O3/c1-11-12(2)24-19(23-11)13-3-5-14(6-4-13)20(27)28-10-18(26)25-17-8-15(21)7-16(22)9-17/h3-9H,10H2,1-2H3,(H,23,24)(H,25,26). The van der Waals surface area contributed by atoms with Gasteiger partial charge in [-0.3, -0.25) is 4.79 Å². The van der Waals surface area contributed by atoms with Gasteiger partial charge >= 0.3 is 5.97 Å². The monoisotopic (exact) mass is 417 g/mol. The van der Waals surface area contributed by atoms with E-state index in [2.05, 4.69) is 15.3 Å². The lowest BCUT2D eigenvalue weighted by Crippen LogP contribution is -2.20. The normalized spacial score (nSPS) is 10.6. The number of aromatic amines is 1. The first-order valence-electron chi connectivity index (χ1n) is 8.38. The minimum absolute atomic E-state index is 0.336. The molecule has 0 aliphatic heterocycles. The number of nitrogens with one attached hydrogen (secondary N) is 2. The van der Waals surface area contributed by atoms with Crippen LogP contribution >= 0.6 is 23.2 Å². The van der Waals surface area contributed by atoms with E-state index in [0.717, 1.165) is 22.8 Å². The van der Waals surface area contributed by atoms with Gasteiger partial charge in [-0.1, -0.05) is 35.3 Å². The SMILES string of the molecule is Cc1nc(-c2ccc(C(=O)OCC(=O)Nc3cc(Cl)cc(Cl)c3)cc2)[nH]c1C. The highest BCUT2D eigenvalue weighted by Crippen LogP contribution is 2.22. The third-order valence-corrected chi connectivity index (χ3v) is 4.44. The molecule has 0 atom stereocenters. The number of carbonyl (C=O) groups is 2. The van der Waals surface area contributed by atoms with E-state index in [1.54, 1.807) is 42.5 Å². The summed E-state index contributed by atoms with van der Waals surface area (Å²) >= 11 is 11.8. The summed E-state index contributed by atoms with van der Waals surface area (Å²) in [5.41, 5.74) is 3.52. The fraction of sp³-hybridized carbons (Fsp3) is 0.150. The van der Waals surface area contributed by atoms with Gasteiger partial charge in [0.05, 0.1) is 11.3 Å². The Balaban J connectivity index is 1.57. The van der Waals surface area contributed by atoms with Gasteiger partial charge in [0, 0.05) is 27.0 Å². The molecule has 0 radical (unpaired) electrons. The van der Waals surface area contributed by atoms with Crippen molar-refractivity contribution in [1.29, 1.82) is 0 Å². The van der Waals surface area contributed by atoms with Crippen LogP contribution in [0.25, 0.3) is 11.4 Å². The Kier molecular flexibility index (Phi) is 6.02. The first-order valence-corrected chi connectivity index (χ1v) is 9.14. The highest BCUT2D eigenvalue weighted by Gasteiger charge is 2.12. The summed E-state index contributed by atoms with van der Waals surface area (Å²) in [6, 6.07) is 11.4. The molecule has 0 spiro atoms. The summed E-state index contributed by atoms with van der Waals surface area (Å²) in [6.07, 6.45) is 0. The largest absolute Gasteiger partial charge is 0.452 e. The summed E-state index contributed by atoms with van der Waals surface area (Å²) in [5, 5.41) is 3.35. The number of hydrogen-bond acceptors (Lipinski definition) is 4. The highest BCUT2D eigenvalue weighted by molar-refractivity contribution is 6.35. The minimum atomic E-state index is -0.599. The first-order chi connectivity index (χ1) is 13.3. The summed E-state index contributed by atoms with van der Waals surface area (Å²) in [4.78, 5) is 31.7.